The number of aliphatic imine (C=N–C) groups is 1. The molecule has 0 unspecified atom stereocenters. The molecule has 0 aliphatic carbocycles. The summed E-state index contributed by atoms with van der Waals surface area (Å²) in [5, 5.41) is 6.31. The Labute approximate surface area is 181 Å². The Balaban J connectivity index is 1.88. The van der Waals surface area contributed by atoms with Gasteiger partial charge in [0, 0.05) is 37.6 Å². The molecular weight excluding hydrogens is 392 g/mol. The first kappa shape index (κ1) is 22.1. The summed E-state index contributed by atoms with van der Waals surface area (Å²) in [7, 11) is 1.54. The molecule has 31 heavy (non-hydrogen) atoms. The number of carbonyl (C=O) groups is 1. The Morgan fingerprint density at radius 2 is 2.06 bits per heavy atom. The zero-order valence-corrected chi connectivity index (χ0v) is 17.6. The molecule has 0 radical (unpaired) electrons. The van der Waals surface area contributed by atoms with Crippen LogP contribution in [0.1, 0.15) is 11.1 Å². The lowest BCUT2D eigenvalue weighted by Gasteiger charge is -2.12. The molecule has 160 valence electrons. The van der Waals surface area contributed by atoms with Crippen LogP contribution in [0.4, 0.5) is 11.5 Å². The maximum absolute atomic E-state index is 11.5. The number of aryl methyl sites for hydroxylation is 1. The summed E-state index contributed by atoms with van der Waals surface area (Å²) in [6.45, 7) is 3.59. The summed E-state index contributed by atoms with van der Waals surface area (Å²) in [6, 6.07) is 15.8. The van der Waals surface area contributed by atoms with Crippen molar-refractivity contribution in [2.45, 2.75) is 13.5 Å². The van der Waals surface area contributed by atoms with Gasteiger partial charge >= 0.3 is 0 Å². The first-order chi connectivity index (χ1) is 15.2. The second-order valence-corrected chi connectivity index (χ2v) is 6.79. The van der Waals surface area contributed by atoms with Crippen LogP contribution in [0, 0.1) is 6.92 Å². The monoisotopic (exact) mass is 418 g/mol. The van der Waals surface area contributed by atoms with Crippen molar-refractivity contribution in [3.8, 4) is 11.3 Å². The average Bonchev–Trinajstić information content (AvgIpc) is 2.81. The summed E-state index contributed by atoms with van der Waals surface area (Å²) in [4.78, 5) is 29.7. The van der Waals surface area contributed by atoms with E-state index in [0.29, 0.717) is 37.4 Å². The third-order valence-electron chi connectivity index (χ3n) is 4.40. The molecule has 3 rings (SSSR count). The number of nitrogens with one attached hydrogen (secondary N) is 3. The number of anilines is 1. The number of aldehydes is 1. The molecule has 0 amide bonds. The van der Waals surface area contributed by atoms with E-state index >= 15 is 0 Å². The minimum Gasteiger partial charge on any atom is -0.366 e. The molecule has 3 N–H and O–H groups in total. The molecule has 3 aromatic rings. The highest BCUT2D eigenvalue weighted by molar-refractivity contribution is 6.27. The van der Waals surface area contributed by atoms with Crippen LogP contribution in [-0.4, -0.2) is 42.3 Å². The van der Waals surface area contributed by atoms with Crippen LogP contribution < -0.4 is 16.1 Å². The van der Waals surface area contributed by atoms with Gasteiger partial charge < -0.3 is 15.5 Å². The van der Waals surface area contributed by atoms with Crippen LogP contribution >= 0.6 is 0 Å². The Hall–Kier alpha value is -3.62. The van der Waals surface area contributed by atoms with E-state index in [2.05, 4.69) is 32.2 Å². The van der Waals surface area contributed by atoms with Gasteiger partial charge in [0.1, 0.15) is 5.69 Å². The van der Waals surface area contributed by atoms with Gasteiger partial charge in [-0.1, -0.05) is 29.8 Å². The highest BCUT2D eigenvalue weighted by atomic mass is 16.6. The molecule has 0 atom stereocenters. The molecular formula is C23H26N6O2. The topological polar surface area (TPSA) is 101 Å². The Bertz CT molecular complexity index is 1020. The number of hydroxylamine groups is 1. The first-order valence-corrected chi connectivity index (χ1v) is 9.94. The highest BCUT2D eigenvalue weighted by Crippen LogP contribution is 2.28. The molecule has 0 fully saturated rings. The minimum atomic E-state index is 0.215. The number of amidine groups is 1. The maximum Gasteiger partial charge on any atom is 0.185 e. The zero-order valence-electron chi connectivity index (χ0n) is 17.6. The third kappa shape index (κ3) is 6.70. The number of nitrogens with zero attached hydrogens (tertiary/aromatic N) is 3. The summed E-state index contributed by atoms with van der Waals surface area (Å²) in [6.07, 6.45) is 4.21. The van der Waals surface area contributed by atoms with Crippen molar-refractivity contribution in [3.05, 3.63) is 72.1 Å². The number of aromatic nitrogens is 2. The zero-order chi connectivity index (χ0) is 21.9. The lowest BCUT2D eigenvalue weighted by Crippen LogP contribution is -2.32. The molecule has 2 heterocycles. The number of hydrogen-bond donors (Lipinski definition) is 3. The second kappa shape index (κ2) is 11.5. The molecule has 8 nitrogen and oxygen atoms in total. The van der Waals surface area contributed by atoms with Crippen molar-refractivity contribution in [3.63, 3.8) is 0 Å². The molecule has 1 aromatic carbocycles. The molecule has 0 aliphatic heterocycles. The van der Waals surface area contributed by atoms with Crippen LogP contribution in [0.2, 0.25) is 0 Å². The van der Waals surface area contributed by atoms with E-state index in [9.17, 15) is 4.79 Å². The number of carbonyl (C=O) groups excluding carboxylic acids is 1. The summed E-state index contributed by atoms with van der Waals surface area (Å²) in [5.74, 6) is 0.798. The van der Waals surface area contributed by atoms with E-state index in [0.717, 1.165) is 22.4 Å². The van der Waals surface area contributed by atoms with Gasteiger partial charge in [-0.05, 0) is 36.8 Å². The van der Waals surface area contributed by atoms with Crippen LogP contribution in [0.25, 0.3) is 11.3 Å². The van der Waals surface area contributed by atoms with Gasteiger partial charge in [-0.25, -0.2) is 15.5 Å². The molecule has 2 aromatic heterocycles. The van der Waals surface area contributed by atoms with Crippen molar-refractivity contribution in [2.75, 3.05) is 25.5 Å². The van der Waals surface area contributed by atoms with Crippen molar-refractivity contribution >= 4 is 23.6 Å². The van der Waals surface area contributed by atoms with E-state index < -0.39 is 0 Å². The summed E-state index contributed by atoms with van der Waals surface area (Å²) in [5.41, 5.74) is 7.28. The fourth-order valence-electron chi connectivity index (χ4n) is 2.91. The Morgan fingerprint density at radius 1 is 1.16 bits per heavy atom. The Morgan fingerprint density at radius 3 is 2.81 bits per heavy atom. The fourth-order valence-corrected chi connectivity index (χ4v) is 2.91. The predicted molar refractivity (Wildman–Crippen MR) is 122 cm³/mol. The maximum atomic E-state index is 11.5. The van der Waals surface area contributed by atoms with Crippen LogP contribution in [0.15, 0.2) is 65.9 Å². The van der Waals surface area contributed by atoms with Crippen molar-refractivity contribution in [2.24, 2.45) is 4.99 Å². The van der Waals surface area contributed by atoms with E-state index in [4.69, 9.17) is 9.82 Å². The predicted octanol–water partition coefficient (Wildman–Crippen LogP) is 3.03. The normalized spacial score (nSPS) is 11.2. The smallest absolute Gasteiger partial charge is 0.185 e. The lowest BCUT2D eigenvalue weighted by atomic mass is 10.1. The average molecular weight is 419 g/mol. The summed E-state index contributed by atoms with van der Waals surface area (Å²) < 4.78 is 0. The van der Waals surface area contributed by atoms with Crippen LogP contribution in [0.3, 0.4) is 0 Å². The molecule has 0 bridgehead atoms. The number of rotatable bonds is 10. The SMILES string of the molecule is CONCCN/C(C=O)=N/c1ccc(-c2cccc(C)c2)nc1NCc1cccnc1. The van der Waals surface area contributed by atoms with Gasteiger partial charge in [0.15, 0.2) is 17.9 Å². The van der Waals surface area contributed by atoms with Crippen LogP contribution in [-0.2, 0) is 16.2 Å². The highest BCUT2D eigenvalue weighted by Gasteiger charge is 2.09. The molecule has 0 spiro atoms. The number of hydrogen-bond acceptors (Lipinski definition) is 7. The molecule has 8 heteroatoms. The first-order valence-electron chi connectivity index (χ1n) is 9.94. The largest absolute Gasteiger partial charge is 0.366 e. The van der Waals surface area contributed by atoms with E-state index in [-0.39, 0.29) is 5.84 Å². The molecule has 0 saturated carbocycles. The molecule has 0 saturated heterocycles. The van der Waals surface area contributed by atoms with Crippen molar-refractivity contribution < 1.29 is 9.63 Å². The van der Waals surface area contributed by atoms with Crippen LogP contribution in [0.5, 0.6) is 0 Å². The van der Waals surface area contributed by atoms with Gasteiger partial charge in [0.25, 0.3) is 0 Å². The fraction of sp³-hybridized carbons (Fsp3) is 0.217. The van der Waals surface area contributed by atoms with Gasteiger partial charge in [-0.2, -0.15) is 0 Å². The quantitative estimate of drug-likeness (QED) is 0.153. The second-order valence-electron chi connectivity index (χ2n) is 6.79. The van der Waals surface area contributed by atoms with Gasteiger partial charge in [0.05, 0.1) is 12.8 Å². The lowest BCUT2D eigenvalue weighted by molar-refractivity contribution is -0.102. The van der Waals surface area contributed by atoms with E-state index in [1.807, 2.05) is 49.4 Å². The Kier molecular flexibility index (Phi) is 8.21. The third-order valence-corrected chi connectivity index (χ3v) is 4.40. The van der Waals surface area contributed by atoms with Gasteiger partial charge in [-0.3, -0.25) is 9.78 Å². The van der Waals surface area contributed by atoms with E-state index in [1.54, 1.807) is 12.4 Å². The minimum absolute atomic E-state index is 0.215. The summed E-state index contributed by atoms with van der Waals surface area (Å²) >= 11 is 0. The number of benzene rings is 1. The van der Waals surface area contributed by atoms with Gasteiger partial charge in [-0.15, -0.1) is 0 Å². The van der Waals surface area contributed by atoms with Gasteiger partial charge in [0.2, 0.25) is 0 Å². The van der Waals surface area contributed by atoms with Crippen molar-refractivity contribution in [1.29, 1.82) is 0 Å². The number of pyridine rings is 2. The molecule has 0 aliphatic rings. The van der Waals surface area contributed by atoms with Crippen molar-refractivity contribution in [1.82, 2.24) is 20.8 Å². The standard InChI is InChI=1S/C23H26N6O2/c1-17-5-3-7-19(13-17)20-8-9-21(28-22(16-30)25-11-12-27-31-2)23(29-20)26-15-18-6-4-10-24-14-18/h3-10,13-14,16,27H,11-12,15H2,1-2H3,(H,25,28)(H,26,29). The van der Waals surface area contributed by atoms with E-state index in [1.165, 1.54) is 7.11 Å².